The van der Waals surface area contributed by atoms with Crippen LogP contribution in [0.3, 0.4) is 0 Å². The first-order valence-corrected chi connectivity index (χ1v) is 9.08. The highest BCUT2D eigenvalue weighted by Crippen LogP contribution is 2.30. The van der Waals surface area contributed by atoms with E-state index in [1.165, 1.54) is 4.90 Å². The van der Waals surface area contributed by atoms with Gasteiger partial charge in [0.2, 0.25) is 5.91 Å². The van der Waals surface area contributed by atoms with Crippen LogP contribution in [0, 0.1) is 5.92 Å². The van der Waals surface area contributed by atoms with Crippen molar-refractivity contribution < 1.29 is 9.59 Å². The SMILES string of the molecule is C[C@@H]1CNCC[C@H]1Nc1ccc2c(N3CCC(=O)NC3=O)nn(C)c2c1.Cl. The average molecular weight is 393 g/mol. The van der Waals surface area contributed by atoms with Crippen molar-refractivity contribution in [3.8, 4) is 0 Å². The minimum atomic E-state index is -0.410. The van der Waals surface area contributed by atoms with Gasteiger partial charge in [-0.1, -0.05) is 6.92 Å². The highest BCUT2D eigenvalue weighted by Gasteiger charge is 2.28. The molecule has 2 aliphatic rings. The van der Waals surface area contributed by atoms with Crippen LogP contribution in [0.2, 0.25) is 0 Å². The number of benzene rings is 1. The van der Waals surface area contributed by atoms with Gasteiger partial charge in [-0.25, -0.2) is 4.79 Å². The summed E-state index contributed by atoms with van der Waals surface area (Å²) in [4.78, 5) is 25.1. The van der Waals surface area contributed by atoms with E-state index in [9.17, 15) is 9.59 Å². The molecule has 9 heteroatoms. The van der Waals surface area contributed by atoms with E-state index in [4.69, 9.17) is 0 Å². The Morgan fingerprint density at radius 1 is 1.30 bits per heavy atom. The van der Waals surface area contributed by atoms with Gasteiger partial charge in [0.15, 0.2) is 5.82 Å². The summed E-state index contributed by atoms with van der Waals surface area (Å²) in [5.41, 5.74) is 2.01. The van der Waals surface area contributed by atoms with Crippen molar-refractivity contribution in [2.75, 3.05) is 29.9 Å². The van der Waals surface area contributed by atoms with Crippen LogP contribution in [0.4, 0.5) is 16.3 Å². The number of carbonyl (C=O) groups is 2. The highest BCUT2D eigenvalue weighted by atomic mass is 35.5. The summed E-state index contributed by atoms with van der Waals surface area (Å²) in [7, 11) is 1.87. The number of nitrogens with one attached hydrogen (secondary N) is 3. The van der Waals surface area contributed by atoms with Crippen molar-refractivity contribution in [1.29, 1.82) is 0 Å². The fourth-order valence-electron chi connectivity index (χ4n) is 3.74. The molecule has 2 saturated heterocycles. The van der Waals surface area contributed by atoms with Crippen molar-refractivity contribution in [1.82, 2.24) is 20.4 Å². The Bertz CT molecular complexity index is 867. The lowest BCUT2D eigenvalue weighted by Crippen LogP contribution is -2.49. The largest absolute Gasteiger partial charge is 0.382 e. The molecule has 4 rings (SSSR count). The zero-order valence-electron chi connectivity index (χ0n) is 15.5. The molecule has 2 aliphatic heterocycles. The predicted molar refractivity (Wildman–Crippen MR) is 108 cm³/mol. The van der Waals surface area contributed by atoms with Crippen molar-refractivity contribution in [3.05, 3.63) is 18.2 Å². The molecule has 2 atom stereocenters. The number of fused-ring (bicyclic) bond motifs is 1. The van der Waals surface area contributed by atoms with E-state index >= 15 is 0 Å². The van der Waals surface area contributed by atoms with Crippen LogP contribution in [-0.2, 0) is 11.8 Å². The van der Waals surface area contributed by atoms with E-state index in [2.05, 4.69) is 34.0 Å². The van der Waals surface area contributed by atoms with E-state index in [-0.39, 0.29) is 24.7 Å². The van der Waals surface area contributed by atoms with Crippen molar-refractivity contribution in [2.24, 2.45) is 13.0 Å². The number of hydrogen-bond acceptors (Lipinski definition) is 5. The Hall–Kier alpha value is -2.32. The van der Waals surface area contributed by atoms with Crippen LogP contribution >= 0.6 is 12.4 Å². The van der Waals surface area contributed by atoms with Gasteiger partial charge < -0.3 is 10.6 Å². The number of nitrogens with zero attached hydrogens (tertiary/aromatic N) is 3. The molecule has 3 heterocycles. The van der Waals surface area contributed by atoms with Gasteiger partial charge in [-0.15, -0.1) is 12.4 Å². The summed E-state index contributed by atoms with van der Waals surface area (Å²) in [6.07, 6.45) is 1.38. The van der Waals surface area contributed by atoms with Crippen LogP contribution in [-0.4, -0.2) is 47.4 Å². The Labute approximate surface area is 164 Å². The molecule has 3 amide bonds. The molecular weight excluding hydrogens is 368 g/mol. The minimum Gasteiger partial charge on any atom is -0.382 e. The predicted octanol–water partition coefficient (Wildman–Crippen LogP) is 1.85. The molecule has 2 aromatic rings. The molecular formula is C18H25ClN6O2. The van der Waals surface area contributed by atoms with Crippen LogP contribution < -0.4 is 20.9 Å². The molecule has 0 bridgehead atoms. The van der Waals surface area contributed by atoms with Crippen molar-refractivity contribution >= 4 is 46.8 Å². The number of rotatable bonds is 3. The number of urea groups is 1. The molecule has 0 aliphatic carbocycles. The summed E-state index contributed by atoms with van der Waals surface area (Å²) in [5.74, 6) is 0.916. The molecule has 2 fully saturated rings. The smallest absolute Gasteiger partial charge is 0.329 e. The second kappa shape index (κ2) is 7.74. The van der Waals surface area contributed by atoms with Gasteiger partial charge in [0, 0.05) is 37.1 Å². The number of amides is 3. The van der Waals surface area contributed by atoms with Crippen molar-refractivity contribution in [3.63, 3.8) is 0 Å². The van der Waals surface area contributed by atoms with Gasteiger partial charge >= 0.3 is 6.03 Å². The molecule has 3 N–H and O–H groups in total. The third kappa shape index (κ3) is 3.72. The first-order chi connectivity index (χ1) is 12.5. The van der Waals surface area contributed by atoms with E-state index in [0.717, 1.165) is 36.1 Å². The molecule has 1 aromatic heterocycles. The van der Waals surface area contributed by atoms with Crippen LogP contribution in [0.15, 0.2) is 18.2 Å². The maximum Gasteiger partial charge on any atom is 0.329 e. The summed E-state index contributed by atoms with van der Waals surface area (Å²) in [6, 6.07) is 6.14. The fraction of sp³-hybridized carbons (Fsp3) is 0.500. The topological polar surface area (TPSA) is 91.3 Å². The average Bonchev–Trinajstić information content (AvgIpc) is 2.93. The van der Waals surface area contributed by atoms with E-state index < -0.39 is 6.03 Å². The third-order valence-corrected chi connectivity index (χ3v) is 5.28. The molecule has 27 heavy (non-hydrogen) atoms. The van der Waals surface area contributed by atoms with Crippen LogP contribution in [0.25, 0.3) is 10.9 Å². The Morgan fingerprint density at radius 2 is 2.11 bits per heavy atom. The third-order valence-electron chi connectivity index (χ3n) is 5.28. The van der Waals surface area contributed by atoms with Gasteiger partial charge in [0.05, 0.1) is 5.52 Å². The molecule has 146 valence electrons. The van der Waals surface area contributed by atoms with Gasteiger partial charge in [-0.05, 0) is 43.6 Å². The Morgan fingerprint density at radius 3 is 2.85 bits per heavy atom. The van der Waals surface area contributed by atoms with Gasteiger partial charge in [-0.3, -0.25) is 19.7 Å². The Kier molecular flexibility index (Phi) is 5.57. The summed E-state index contributed by atoms with van der Waals surface area (Å²) >= 11 is 0. The molecule has 0 radical (unpaired) electrons. The number of aromatic nitrogens is 2. The molecule has 0 spiro atoms. The number of anilines is 2. The number of aryl methyl sites for hydroxylation is 1. The number of carbonyl (C=O) groups excluding carboxylic acids is 2. The van der Waals surface area contributed by atoms with Gasteiger partial charge in [0.1, 0.15) is 0 Å². The molecule has 0 unspecified atom stereocenters. The summed E-state index contributed by atoms with van der Waals surface area (Å²) in [5, 5.41) is 14.8. The Balaban J connectivity index is 0.00000210. The van der Waals surface area contributed by atoms with Crippen molar-refractivity contribution in [2.45, 2.75) is 25.8 Å². The van der Waals surface area contributed by atoms with E-state index in [0.29, 0.717) is 24.3 Å². The molecule has 1 aromatic carbocycles. The van der Waals surface area contributed by atoms with Gasteiger partial charge in [0.25, 0.3) is 0 Å². The maximum atomic E-state index is 12.2. The zero-order valence-corrected chi connectivity index (χ0v) is 16.3. The monoisotopic (exact) mass is 392 g/mol. The quantitative estimate of drug-likeness (QED) is 0.741. The lowest BCUT2D eigenvalue weighted by molar-refractivity contribution is -0.120. The van der Waals surface area contributed by atoms with Crippen LogP contribution in [0.1, 0.15) is 19.8 Å². The standard InChI is InChI=1S/C18H24N6O2.ClH/c1-11-10-19-7-5-14(11)20-12-3-4-13-15(9-12)23(2)22-17(13)24-8-6-16(25)21-18(24)26;/h3-4,9,11,14,19-20H,5-8,10H2,1-2H3,(H,21,25,26);1H/t11-,14-;/m1./s1. The van der Waals surface area contributed by atoms with Crippen LogP contribution in [0.5, 0.6) is 0 Å². The second-order valence-corrected chi connectivity index (χ2v) is 7.16. The normalized spacial score (nSPS) is 23.1. The summed E-state index contributed by atoms with van der Waals surface area (Å²) < 4.78 is 1.78. The minimum absolute atomic E-state index is 0. The summed E-state index contributed by atoms with van der Waals surface area (Å²) in [6.45, 7) is 4.66. The molecule has 8 nitrogen and oxygen atoms in total. The second-order valence-electron chi connectivity index (χ2n) is 7.16. The van der Waals surface area contributed by atoms with E-state index in [1.807, 2.05) is 19.2 Å². The van der Waals surface area contributed by atoms with E-state index in [1.54, 1.807) is 4.68 Å². The first kappa shape index (κ1) is 19.4. The fourth-order valence-corrected chi connectivity index (χ4v) is 3.74. The maximum absolute atomic E-state index is 12.2. The number of imide groups is 1. The first-order valence-electron chi connectivity index (χ1n) is 9.08. The number of hydrogen-bond donors (Lipinski definition) is 3. The number of halogens is 1. The lowest BCUT2D eigenvalue weighted by Gasteiger charge is -2.31. The van der Waals surface area contributed by atoms with Gasteiger partial charge in [-0.2, -0.15) is 5.10 Å². The highest BCUT2D eigenvalue weighted by molar-refractivity contribution is 6.09. The lowest BCUT2D eigenvalue weighted by atomic mass is 9.95. The zero-order chi connectivity index (χ0) is 18.3. The molecule has 0 saturated carbocycles. The number of piperidine rings is 1.